The minimum atomic E-state index is -0.0837. The van der Waals surface area contributed by atoms with Gasteiger partial charge in [-0.1, -0.05) is 23.7 Å². The Bertz CT molecular complexity index is 383. The summed E-state index contributed by atoms with van der Waals surface area (Å²) in [7, 11) is 1.59. The van der Waals surface area contributed by atoms with E-state index >= 15 is 0 Å². The zero-order valence-corrected chi connectivity index (χ0v) is 10.8. The summed E-state index contributed by atoms with van der Waals surface area (Å²) in [5, 5.41) is 6.36. The number of ether oxygens (including phenoxy) is 1. The highest BCUT2D eigenvalue weighted by molar-refractivity contribution is 6.34. The first kappa shape index (κ1) is 13.8. The highest BCUT2D eigenvalue weighted by Crippen LogP contribution is 2.24. The lowest BCUT2D eigenvalue weighted by Crippen LogP contribution is -2.32. The molecule has 0 atom stereocenters. The Morgan fingerprint density at radius 2 is 2.24 bits per heavy atom. The Balaban J connectivity index is 2.39. The van der Waals surface area contributed by atoms with Gasteiger partial charge in [0.05, 0.1) is 23.9 Å². The number of aryl methyl sites for hydroxylation is 1. The van der Waals surface area contributed by atoms with E-state index in [4.69, 9.17) is 16.3 Å². The lowest BCUT2D eigenvalue weighted by Gasteiger charge is -2.10. The Morgan fingerprint density at radius 3 is 2.94 bits per heavy atom. The molecule has 1 aromatic rings. The van der Waals surface area contributed by atoms with Crippen molar-refractivity contribution in [2.75, 3.05) is 32.1 Å². The van der Waals surface area contributed by atoms with E-state index in [0.29, 0.717) is 18.2 Å². The van der Waals surface area contributed by atoms with Gasteiger partial charge in [0.15, 0.2) is 0 Å². The Kier molecular flexibility index (Phi) is 5.80. The number of hydrogen-bond acceptors (Lipinski definition) is 3. The van der Waals surface area contributed by atoms with Crippen LogP contribution in [0.3, 0.4) is 0 Å². The normalized spacial score (nSPS) is 10.1. The second-order valence-corrected chi connectivity index (χ2v) is 4.01. The number of carbonyl (C=O) groups is 1. The number of halogens is 1. The van der Waals surface area contributed by atoms with Crippen LogP contribution in [0.15, 0.2) is 18.2 Å². The van der Waals surface area contributed by atoms with Gasteiger partial charge >= 0.3 is 0 Å². The number of hydrogen-bond donors (Lipinski definition) is 2. The second-order valence-electron chi connectivity index (χ2n) is 3.63. The fraction of sp³-hybridized carbons (Fsp3) is 0.417. The fourth-order valence-corrected chi connectivity index (χ4v) is 1.51. The molecule has 1 rings (SSSR count). The third-order valence-electron chi connectivity index (χ3n) is 2.26. The van der Waals surface area contributed by atoms with Gasteiger partial charge in [-0.25, -0.2) is 0 Å². The number of nitrogens with one attached hydrogen (secondary N) is 2. The zero-order chi connectivity index (χ0) is 12.7. The Morgan fingerprint density at radius 1 is 1.47 bits per heavy atom. The molecule has 2 N–H and O–H groups in total. The van der Waals surface area contributed by atoms with Crippen molar-refractivity contribution in [3.63, 3.8) is 0 Å². The van der Waals surface area contributed by atoms with Crippen molar-refractivity contribution in [2.45, 2.75) is 6.92 Å². The van der Waals surface area contributed by atoms with Gasteiger partial charge in [-0.2, -0.15) is 0 Å². The molecule has 0 heterocycles. The van der Waals surface area contributed by atoms with Gasteiger partial charge < -0.3 is 15.4 Å². The summed E-state index contributed by atoms with van der Waals surface area (Å²) in [6, 6.07) is 5.66. The van der Waals surface area contributed by atoms with Gasteiger partial charge in [0.1, 0.15) is 0 Å². The molecule has 0 unspecified atom stereocenters. The first-order chi connectivity index (χ1) is 8.15. The molecule has 0 aliphatic heterocycles. The molecule has 0 aliphatic rings. The second kappa shape index (κ2) is 7.14. The smallest absolute Gasteiger partial charge is 0.239 e. The van der Waals surface area contributed by atoms with E-state index in [0.717, 1.165) is 11.3 Å². The average molecular weight is 257 g/mol. The quantitative estimate of drug-likeness (QED) is 0.764. The predicted octanol–water partition coefficient (Wildman–Crippen LogP) is 1.82. The average Bonchev–Trinajstić information content (AvgIpc) is 2.31. The van der Waals surface area contributed by atoms with Crippen molar-refractivity contribution >= 4 is 23.2 Å². The molecule has 0 saturated carbocycles. The van der Waals surface area contributed by atoms with Gasteiger partial charge in [-0.05, 0) is 18.6 Å². The summed E-state index contributed by atoms with van der Waals surface area (Å²) >= 11 is 6.09. The third kappa shape index (κ3) is 4.63. The van der Waals surface area contributed by atoms with E-state index in [1.165, 1.54) is 0 Å². The molecule has 4 nitrogen and oxygen atoms in total. The molecule has 1 amide bonds. The minimum absolute atomic E-state index is 0.0837. The topological polar surface area (TPSA) is 50.4 Å². The number of rotatable bonds is 6. The monoisotopic (exact) mass is 256 g/mol. The molecular weight excluding hydrogens is 240 g/mol. The van der Waals surface area contributed by atoms with Crippen molar-refractivity contribution in [2.24, 2.45) is 0 Å². The van der Waals surface area contributed by atoms with Crippen LogP contribution in [0, 0.1) is 6.92 Å². The summed E-state index contributed by atoms with van der Waals surface area (Å²) in [6.07, 6.45) is 0. The van der Waals surface area contributed by atoms with Gasteiger partial charge in [0.2, 0.25) is 5.91 Å². The molecule has 5 heteroatoms. The van der Waals surface area contributed by atoms with Crippen LogP contribution >= 0.6 is 11.6 Å². The van der Waals surface area contributed by atoms with Crippen molar-refractivity contribution in [1.29, 1.82) is 0 Å². The lowest BCUT2D eigenvalue weighted by atomic mass is 10.2. The van der Waals surface area contributed by atoms with Crippen LogP contribution in [0.5, 0.6) is 0 Å². The molecular formula is C12H17ClN2O2. The van der Waals surface area contributed by atoms with E-state index in [9.17, 15) is 4.79 Å². The molecule has 0 aromatic heterocycles. The first-order valence-electron chi connectivity index (χ1n) is 5.39. The van der Waals surface area contributed by atoms with Gasteiger partial charge in [0.25, 0.3) is 0 Å². The van der Waals surface area contributed by atoms with Gasteiger partial charge in [-0.15, -0.1) is 0 Å². The van der Waals surface area contributed by atoms with Crippen molar-refractivity contribution < 1.29 is 9.53 Å². The van der Waals surface area contributed by atoms with Crippen LogP contribution in [-0.4, -0.2) is 32.7 Å². The largest absolute Gasteiger partial charge is 0.383 e. The number of amides is 1. The van der Waals surface area contributed by atoms with Crippen molar-refractivity contribution in [1.82, 2.24) is 5.32 Å². The maximum Gasteiger partial charge on any atom is 0.239 e. The molecule has 0 fully saturated rings. The number of carbonyl (C=O) groups excluding carboxylic acids is 1. The van der Waals surface area contributed by atoms with E-state index in [1.807, 2.05) is 25.1 Å². The standard InChI is InChI=1S/C12H17ClN2O2/c1-9-4-3-5-10(12(9)13)15-8-11(16)14-6-7-17-2/h3-5,15H,6-8H2,1-2H3,(H,14,16). The third-order valence-corrected chi connectivity index (χ3v) is 2.76. The highest BCUT2D eigenvalue weighted by atomic mass is 35.5. The fourth-order valence-electron chi connectivity index (χ4n) is 1.31. The Hall–Kier alpha value is -1.26. The molecule has 94 valence electrons. The van der Waals surface area contributed by atoms with Crippen LogP contribution in [0.1, 0.15) is 5.56 Å². The molecule has 0 radical (unpaired) electrons. The Labute approximate surface area is 106 Å². The van der Waals surface area contributed by atoms with E-state index in [2.05, 4.69) is 10.6 Å². The number of anilines is 1. The van der Waals surface area contributed by atoms with E-state index < -0.39 is 0 Å². The predicted molar refractivity (Wildman–Crippen MR) is 69.6 cm³/mol. The summed E-state index contributed by atoms with van der Waals surface area (Å²) in [5.41, 5.74) is 1.75. The molecule has 1 aromatic carbocycles. The first-order valence-corrected chi connectivity index (χ1v) is 5.77. The summed E-state index contributed by atoms with van der Waals surface area (Å²) in [6.45, 7) is 3.15. The summed E-state index contributed by atoms with van der Waals surface area (Å²) < 4.78 is 4.83. The van der Waals surface area contributed by atoms with Crippen molar-refractivity contribution in [3.8, 4) is 0 Å². The molecule has 17 heavy (non-hydrogen) atoms. The van der Waals surface area contributed by atoms with Crippen LogP contribution in [0.2, 0.25) is 5.02 Å². The van der Waals surface area contributed by atoms with Crippen LogP contribution in [0.25, 0.3) is 0 Å². The number of methoxy groups -OCH3 is 1. The molecule has 0 aliphatic carbocycles. The molecule has 0 bridgehead atoms. The summed E-state index contributed by atoms with van der Waals surface area (Å²) in [4.78, 5) is 11.4. The minimum Gasteiger partial charge on any atom is -0.383 e. The lowest BCUT2D eigenvalue weighted by molar-refractivity contribution is -0.119. The molecule has 0 spiro atoms. The summed E-state index contributed by atoms with van der Waals surface area (Å²) in [5.74, 6) is -0.0837. The van der Waals surface area contributed by atoms with Gasteiger partial charge in [0, 0.05) is 13.7 Å². The maximum atomic E-state index is 11.4. The van der Waals surface area contributed by atoms with Crippen LogP contribution in [0.4, 0.5) is 5.69 Å². The van der Waals surface area contributed by atoms with Gasteiger partial charge in [-0.3, -0.25) is 4.79 Å². The zero-order valence-electron chi connectivity index (χ0n) is 10.0. The maximum absolute atomic E-state index is 11.4. The van der Waals surface area contributed by atoms with E-state index in [1.54, 1.807) is 7.11 Å². The highest BCUT2D eigenvalue weighted by Gasteiger charge is 2.04. The SMILES string of the molecule is COCCNC(=O)CNc1cccc(C)c1Cl. The van der Waals surface area contributed by atoms with Crippen LogP contribution < -0.4 is 10.6 Å². The molecule has 0 saturated heterocycles. The number of benzene rings is 1. The van der Waals surface area contributed by atoms with Crippen molar-refractivity contribution in [3.05, 3.63) is 28.8 Å². The van der Waals surface area contributed by atoms with Crippen LogP contribution in [-0.2, 0) is 9.53 Å². The van der Waals surface area contributed by atoms with E-state index in [-0.39, 0.29) is 12.5 Å².